The van der Waals surface area contributed by atoms with Gasteiger partial charge in [0.15, 0.2) is 11.5 Å². The summed E-state index contributed by atoms with van der Waals surface area (Å²) in [6.07, 6.45) is 4.05. The van der Waals surface area contributed by atoms with Gasteiger partial charge in [0.2, 0.25) is 5.91 Å². The maximum absolute atomic E-state index is 11.1. The summed E-state index contributed by atoms with van der Waals surface area (Å²) in [5, 5.41) is 12.3. The van der Waals surface area contributed by atoms with Crippen molar-refractivity contribution in [2.45, 2.75) is 13.0 Å². The summed E-state index contributed by atoms with van der Waals surface area (Å²) in [5.41, 5.74) is 0.774. The summed E-state index contributed by atoms with van der Waals surface area (Å²) >= 11 is 0. The van der Waals surface area contributed by atoms with Crippen LogP contribution >= 0.6 is 0 Å². The number of aliphatic hydroxyl groups excluding tert-OH is 1. The summed E-state index contributed by atoms with van der Waals surface area (Å²) in [6.45, 7) is 1.36. The Labute approximate surface area is 106 Å². The predicted octanol–water partition coefficient (Wildman–Crippen LogP) is 1.33. The molecule has 0 heterocycles. The van der Waals surface area contributed by atoms with Gasteiger partial charge in [0.25, 0.3) is 0 Å². The van der Waals surface area contributed by atoms with E-state index in [2.05, 4.69) is 11.2 Å². The van der Waals surface area contributed by atoms with Crippen LogP contribution in [-0.4, -0.2) is 25.2 Å². The third-order valence-electron chi connectivity index (χ3n) is 2.32. The topological polar surface area (TPSA) is 67.8 Å². The molecule has 2 N–H and O–H groups in total. The molecular weight excluding hydrogens is 234 g/mol. The minimum atomic E-state index is -1.13. The van der Waals surface area contributed by atoms with E-state index in [9.17, 15) is 9.90 Å². The van der Waals surface area contributed by atoms with Crippen LogP contribution in [0, 0.1) is 12.3 Å². The number of aliphatic hydroxyl groups is 1. The van der Waals surface area contributed by atoms with Crippen LogP contribution in [0.3, 0.4) is 0 Å². The van der Waals surface area contributed by atoms with Crippen molar-refractivity contribution in [3.8, 4) is 23.8 Å². The molecule has 5 nitrogen and oxygen atoms in total. The van der Waals surface area contributed by atoms with E-state index in [-0.39, 0.29) is 5.91 Å². The maximum Gasteiger partial charge on any atom is 0.221 e. The SMILES string of the molecule is C#CC(O)c1cc(OC)c(OC)cc1NC(C)=O. The van der Waals surface area contributed by atoms with E-state index in [1.54, 1.807) is 6.07 Å². The third-order valence-corrected chi connectivity index (χ3v) is 2.32. The number of carbonyl (C=O) groups excluding carboxylic acids is 1. The molecule has 1 amide bonds. The van der Waals surface area contributed by atoms with E-state index in [0.29, 0.717) is 22.7 Å². The standard InChI is InChI=1S/C13H15NO4/c1-5-11(16)9-6-12(17-3)13(18-4)7-10(9)14-8(2)15/h1,6-7,11,16H,2-4H3,(H,14,15). The molecule has 0 saturated carbocycles. The van der Waals surface area contributed by atoms with Crippen molar-refractivity contribution < 1.29 is 19.4 Å². The summed E-state index contributed by atoms with van der Waals surface area (Å²) < 4.78 is 10.2. The van der Waals surface area contributed by atoms with Gasteiger partial charge in [-0.3, -0.25) is 4.79 Å². The van der Waals surface area contributed by atoms with Gasteiger partial charge in [0.1, 0.15) is 6.10 Å². The van der Waals surface area contributed by atoms with Crippen LogP contribution < -0.4 is 14.8 Å². The molecule has 5 heteroatoms. The Hall–Kier alpha value is -2.19. The zero-order chi connectivity index (χ0) is 13.7. The van der Waals surface area contributed by atoms with Crippen LogP contribution in [-0.2, 0) is 4.79 Å². The molecule has 0 aromatic heterocycles. The van der Waals surface area contributed by atoms with E-state index in [1.807, 2.05) is 0 Å². The minimum absolute atomic E-state index is 0.271. The predicted molar refractivity (Wildman–Crippen MR) is 67.6 cm³/mol. The summed E-state index contributed by atoms with van der Waals surface area (Å²) in [4.78, 5) is 11.1. The summed E-state index contributed by atoms with van der Waals surface area (Å²) in [5.74, 6) is 2.79. The highest BCUT2D eigenvalue weighted by molar-refractivity contribution is 5.90. The highest BCUT2D eigenvalue weighted by Gasteiger charge is 2.16. The van der Waals surface area contributed by atoms with Crippen LogP contribution in [0.2, 0.25) is 0 Å². The molecule has 1 aromatic rings. The van der Waals surface area contributed by atoms with E-state index in [0.717, 1.165) is 0 Å². The molecule has 1 atom stereocenters. The monoisotopic (exact) mass is 249 g/mol. The average molecular weight is 249 g/mol. The number of benzene rings is 1. The Morgan fingerprint density at radius 2 is 1.94 bits per heavy atom. The number of rotatable bonds is 4. The van der Waals surface area contributed by atoms with Crippen molar-refractivity contribution >= 4 is 11.6 Å². The molecule has 0 aliphatic rings. The van der Waals surface area contributed by atoms with Gasteiger partial charge in [-0.2, -0.15) is 0 Å². The van der Waals surface area contributed by atoms with Crippen LogP contribution in [0.1, 0.15) is 18.6 Å². The average Bonchev–Trinajstić information content (AvgIpc) is 2.36. The van der Waals surface area contributed by atoms with Crippen LogP contribution in [0.25, 0.3) is 0 Å². The molecule has 1 unspecified atom stereocenters. The highest BCUT2D eigenvalue weighted by Crippen LogP contribution is 2.36. The van der Waals surface area contributed by atoms with Crippen LogP contribution in [0.15, 0.2) is 12.1 Å². The molecule has 0 bridgehead atoms. The molecule has 1 rings (SSSR count). The van der Waals surface area contributed by atoms with Gasteiger partial charge < -0.3 is 19.9 Å². The van der Waals surface area contributed by atoms with Gasteiger partial charge in [-0.25, -0.2) is 0 Å². The first-order valence-corrected chi connectivity index (χ1v) is 5.21. The molecule has 18 heavy (non-hydrogen) atoms. The fourth-order valence-corrected chi connectivity index (χ4v) is 1.51. The Bertz CT molecular complexity index is 490. The van der Waals surface area contributed by atoms with Crippen molar-refractivity contribution in [2.24, 2.45) is 0 Å². The van der Waals surface area contributed by atoms with Crippen molar-refractivity contribution in [2.75, 3.05) is 19.5 Å². The minimum Gasteiger partial charge on any atom is -0.493 e. The fourth-order valence-electron chi connectivity index (χ4n) is 1.51. The first-order chi connectivity index (χ1) is 8.53. The van der Waals surface area contributed by atoms with Crippen molar-refractivity contribution in [1.29, 1.82) is 0 Å². The molecule has 0 saturated heterocycles. The number of anilines is 1. The van der Waals surface area contributed by atoms with Gasteiger partial charge >= 0.3 is 0 Å². The van der Waals surface area contributed by atoms with E-state index < -0.39 is 6.10 Å². The van der Waals surface area contributed by atoms with E-state index >= 15 is 0 Å². The maximum atomic E-state index is 11.1. The quantitative estimate of drug-likeness (QED) is 0.790. The largest absolute Gasteiger partial charge is 0.493 e. The van der Waals surface area contributed by atoms with Crippen LogP contribution in [0.5, 0.6) is 11.5 Å². The van der Waals surface area contributed by atoms with Crippen molar-refractivity contribution in [3.63, 3.8) is 0 Å². The Kier molecular flexibility index (Phi) is 4.58. The molecule has 0 aliphatic carbocycles. The molecule has 96 valence electrons. The number of methoxy groups -OCH3 is 2. The smallest absolute Gasteiger partial charge is 0.221 e. The lowest BCUT2D eigenvalue weighted by Crippen LogP contribution is -2.10. The van der Waals surface area contributed by atoms with Gasteiger partial charge in [0.05, 0.1) is 19.9 Å². The first kappa shape index (κ1) is 13.9. The third kappa shape index (κ3) is 2.93. The molecular formula is C13H15NO4. The lowest BCUT2D eigenvalue weighted by atomic mass is 10.1. The Morgan fingerprint density at radius 3 is 2.39 bits per heavy atom. The molecule has 0 radical (unpaired) electrons. The van der Waals surface area contributed by atoms with Gasteiger partial charge in [-0.15, -0.1) is 6.42 Å². The fraction of sp³-hybridized carbons (Fsp3) is 0.308. The van der Waals surface area contributed by atoms with E-state index in [1.165, 1.54) is 27.2 Å². The Balaban J connectivity index is 3.36. The van der Waals surface area contributed by atoms with Gasteiger partial charge in [-0.1, -0.05) is 5.92 Å². The van der Waals surface area contributed by atoms with Crippen molar-refractivity contribution in [1.82, 2.24) is 0 Å². The van der Waals surface area contributed by atoms with E-state index in [4.69, 9.17) is 15.9 Å². The second kappa shape index (κ2) is 5.94. The zero-order valence-electron chi connectivity index (χ0n) is 10.5. The second-order valence-electron chi connectivity index (χ2n) is 3.54. The molecule has 0 aliphatic heterocycles. The second-order valence-corrected chi connectivity index (χ2v) is 3.54. The van der Waals surface area contributed by atoms with Gasteiger partial charge in [0, 0.05) is 18.6 Å². The van der Waals surface area contributed by atoms with Crippen molar-refractivity contribution in [3.05, 3.63) is 17.7 Å². The molecule has 1 aromatic carbocycles. The molecule has 0 fully saturated rings. The first-order valence-electron chi connectivity index (χ1n) is 5.21. The lowest BCUT2D eigenvalue weighted by molar-refractivity contribution is -0.114. The summed E-state index contributed by atoms with van der Waals surface area (Å²) in [7, 11) is 2.95. The normalized spacial score (nSPS) is 11.3. The lowest BCUT2D eigenvalue weighted by Gasteiger charge is -2.16. The summed E-state index contributed by atoms with van der Waals surface area (Å²) in [6, 6.07) is 3.09. The number of ether oxygens (including phenoxy) is 2. The highest BCUT2D eigenvalue weighted by atomic mass is 16.5. The number of hydrogen-bond donors (Lipinski definition) is 2. The Morgan fingerprint density at radius 1 is 1.39 bits per heavy atom. The number of carbonyl (C=O) groups is 1. The number of amides is 1. The number of nitrogens with one attached hydrogen (secondary N) is 1. The molecule has 0 spiro atoms. The number of hydrogen-bond acceptors (Lipinski definition) is 4. The van der Waals surface area contributed by atoms with Gasteiger partial charge in [-0.05, 0) is 6.07 Å². The zero-order valence-corrected chi connectivity index (χ0v) is 10.5. The van der Waals surface area contributed by atoms with Crippen LogP contribution in [0.4, 0.5) is 5.69 Å². The number of terminal acetylenes is 1.